The zero-order valence-electron chi connectivity index (χ0n) is 23.8. The number of rotatable bonds is 12. The topological polar surface area (TPSA) is 168 Å². The van der Waals surface area contributed by atoms with E-state index >= 15 is 0 Å². The van der Waals surface area contributed by atoms with Crippen LogP contribution in [0.4, 0.5) is 13.2 Å². The van der Waals surface area contributed by atoms with E-state index < -0.39 is 79.0 Å². The van der Waals surface area contributed by atoms with Crippen molar-refractivity contribution in [3.63, 3.8) is 0 Å². The molecule has 0 bridgehead atoms. The van der Waals surface area contributed by atoms with Gasteiger partial charge in [0.2, 0.25) is 5.91 Å². The summed E-state index contributed by atoms with van der Waals surface area (Å²) in [5.41, 5.74) is -3.29. The number of benzene rings is 2. The van der Waals surface area contributed by atoms with E-state index in [0.717, 1.165) is 24.3 Å². The lowest BCUT2D eigenvalue weighted by atomic mass is 9.70. The molecule has 2 amide bonds. The van der Waals surface area contributed by atoms with Crippen LogP contribution >= 0.6 is 23.2 Å². The van der Waals surface area contributed by atoms with Crippen molar-refractivity contribution in [2.45, 2.75) is 63.3 Å². The zero-order valence-corrected chi connectivity index (χ0v) is 25.3. The van der Waals surface area contributed by atoms with Crippen LogP contribution in [0.1, 0.15) is 54.6 Å². The van der Waals surface area contributed by atoms with Gasteiger partial charge in [-0.3, -0.25) is 19.2 Å². The first-order chi connectivity index (χ1) is 20.9. The van der Waals surface area contributed by atoms with E-state index in [-0.39, 0.29) is 39.9 Å². The molecule has 17 heteroatoms. The van der Waals surface area contributed by atoms with Crippen LogP contribution in [0.5, 0.6) is 0 Å². The second-order valence-corrected chi connectivity index (χ2v) is 11.7. The Morgan fingerprint density at radius 2 is 1.69 bits per heavy atom. The number of hydrogen-bond donors (Lipinski definition) is 4. The average molecular weight is 675 g/mol. The lowest BCUT2D eigenvalue weighted by molar-refractivity contribution is -0.175. The minimum atomic E-state index is -4.61. The fourth-order valence-electron chi connectivity index (χ4n) is 4.62. The molecule has 0 radical (unpaired) electrons. The summed E-state index contributed by atoms with van der Waals surface area (Å²) >= 11 is 12.1. The maximum atomic E-state index is 13.7. The molecule has 242 valence electrons. The number of alkyl halides is 3. The number of carbonyl (C=O) groups is 5. The number of carboxylic acids is 2. The molecule has 3 rings (SSSR count). The van der Waals surface area contributed by atoms with Crippen LogP contribution in [0, 0.1) is 5.92 Å². The van der Waals surface area contributed by atoms with Crippen LogP contribution in [-0.4, -0.2) is 64.6 Å². The van der Waals surface area contributed by atoms with Gasteiger partial charge in [-0.2, -0.15) is 13.2 Å². The van der Waals surface area contributed by atoms with Gasteiger partial charge >= 0.3 is 25.2 Å². The second kappa shape index (κ2) is 14.5. The van der Waals surface area contributed by atoms with Gasteiger partial charge in [-0.15, -0.1) is 0 Å². The number of aliphatic carboxylic acids is 2. The minimum absolute atomic E-state index is 0.00534. The van der Waals surface area contributed by atoms with Crippen molar-refractivity contribution in [2.75, 3.05) is 0 Å². The SMILES string of the molecule is CC(C)C[C@H](NC(=O)[C@H](Cc1ccc(C(F)(F)F)cc1)NC(=O)c1cc(Cl)ccc1Cl)B1OC(=O)CC(CC(=O)O)(C(=O)O)O1. The quantitative estimate of drug-likeness (QED) is 0.242. The average Bonchev–Trinajstić information content (AvgIpc) is 2.92. The highest BCUT2D eigenvalue weighted by molar-refractivity contribution is 6.50. The first-order valence-corrected chi connectivity index (χ1v) is 14.2. The zero-order chi connectivity index (χ0) is 33.7. The van der Waals surface area contributed by atoms with Gasteiger partial charge in [-0.25, -0.2) is 4.79 Å². The van der Waals surface area contributed by atoms with Crippen LogP contribution in [-0.2, 0) is 41.1 Å². The van der Waals surface area contributed by atoms with E-state index in [9.17, 15) is 47.4 Å². The molecule has 0 aliphatic carbocycles. The van der Waals surface area contributed by atoms with Gasteiger partial charge in [-0.1, -0.05) is 49.2 Å². The standard InChI is InChI=1S/C28H28BCl2F3N2O9/c1-14(2)9-21(29-44-23(39)13-27(45-29,26(42)43)12-22(37)38)36-25(41)20(10-15-3-5-16(6-4-15)28(32,33)34)35-24(40)18-11-17(30)7-8-19(18)31/h3-8,11,14,20-21H,9-10,12-13H2,1-2H3,(H,35,40)(H,36,41)(H,37,38)(H,42,43)/t20-,21-,27?/m0/s1. The van der Waals surface area contributed by atoms with Crippen molar-refractivity contribution in [1.82, 2.24) is 10.6 Å². The molecule has 2 aromatic rings. The number of nitrogens with one attached hydrogen (secondary N) is 2. The molecule has 1 aliphatic rings. The van der Waals surface area contributed by atoms with Gasteiger partial charge in [0.25, 0.3) is 11.9 Å². The van der Waals surface area contributed by atoms with E-state index in [4.69, 9.17) is 32.5 Å². The highest BCUT2D eigenvalue weighted by Gasteiger charge is 2.55. The first-order valence-electron chi connectivity index (χ1n) is 13.4. The predicted octanol–water partition coefficient (Wildman–Crippen LogP) is 4.17. The molecule has 1 heterocycles. The predicted molar refractivity (Wildman–Crippen MR) is 154 cm³/mol. The minimum Gasteiger partial charge on any atom is -0.508 e. The number of carbonyl (C=O) groups excluding carboxylic acids is 3. The summed E-state index contributed by atoms with van der Waals surface area (Å²) in [7, 11) is -1.74. The molecule has 3 atom stereocenters. The van der Waals surface area contributed by atoms with Crippen LogP contribution in [0.15, 0.2) is 42.5 Å². The maximum absolute atomic E-state index is 13.7. The summed E-state index contributed by atoms with van der Waals surface area (Å²) < 4.78 is 50.1. The van der Waals surface area contributed by atoms with Gasteiger partial charge in [0.1, 0.15) is 6.04 Å². The van der Waals surface area contributed by atoms with Gasteiger partial charge in [0, 0.05) is 11.4 Å². The molecule has 1 unspecified atom stereocenters. The Morgan fingerprint density at radius 1 is 1.04 bits per heavy atom. The molecule has 2 aromatic carbocycles. The molecule has 0 aromatic heterocycles. The summed E-state index contributed by atoms with van der Waals surface area (Å²) in [4.78, 5) is 62.8. The summed E-state index contributed by atoms with van der Waals surface area (Å²) in [6, 6.07) is 6.45. The number of amides is 2. The van der Waals surface area contributed by atoms with Crippen molar-refractivity contribution < 1.29 is 56.7 Å². The van der Waals surface area contributed by atoms with Crippen molar-refractivity contribution >= 4 is 60.0 Å². The third-order valence-electron chi connectivity index (χ3n) is 6.74. The molecule has 0 saturated carbocycles. The highest BCUT2D eigenvalue weighted by atomic mass is 35.5. The normalized spacial score (nSPS) is 18.1. The van der Waals surface area contributed by atoms with Crippen molar-refractivity contribution in [3.8, 4) is 0 Å². The van der Waals surface area contributed by atoms with E-state index in [1.165, 1.54) is 18.2 Å². The van der Waals surface area contributed by atoms with Crippen molar-refractivity contribution in [2.24, 2.45) is 5.92 Å². The number of halogens is 5. The third-order valence-corrected chi connectivity index (χ3v) is 7.31. The molecular formula is C28H28BCl2F3N2O9. The van der Waals surface area contributed by atoms with E-state index in [2.05, 4.69) is 10.6 Å². The highest BCUT2D eigenvalue weighted by Crippen LogP contribution is 2.31. The van der Waals surface area contributed by atoms with Crippen LogP contribution in [0.3, 0.4) is 0 Å². The Balaban J connectivity index is 1.95. The van der Waals surface area contributed by atoms with E-state index in [1.54, 1.807) is 13.8 Å². The molecule has 11 nitrogen and oxygen atoms in total. The van der Waals surface area contributed by atoms with Gasteiger partial charge in [0.15, 0.2) is 5.60 Å². The van der Waals surface area contributed by atoms with Crippen LogP contribution in [0.2, 0.25) is 10.0 Å². The van der Waals surface area contributed by atoms with Crippen LogP contribution < -0.4 is 10.6 Å². The Morgan fingerprint density at radius 3 is 2.24 bits per heavy atom. The molecule has 0 spiro atoms. The van der Waals surface area contributed by atoms with Gasteiger partial charge in [0.05, 0.1) is 34.9 Å². The smallest absolute Gasteiger partial charge is 0.508 e. The van der Waals surface area contributed by atoms with E-state index in [1.807, 2.05) is 0 Å². The third kappa shape index (κ3) is 9.59. The Hall–Kier alpha value is -3.82. The van der Waals surface area contributed by atoms with Crippen molar-refractivity contribution in [3.05, 3.63) is 69.2 Å². The summed E-state index contributed by atoms with van der Waals surface area (Å²) in [5.74, 6) is -7.58. The Bertz CT molecular complexity index is 1460. The monoisotopic (exact) mass is 674 g/mol. The maximum Gasteiger partial charge on any atom is 0.552 e. The van der Waals surface area contributed by atoms with Crippen molar-refractivity contribution in [1.29, 1.82) is 0 Å². The molecule has 1 saturated heterocycles. The number of carboxylic acid groups (broad SMARTS) is 2. The largest absolute Gasteiger partial charge is 0.552 e. The van der Waals surface area contributed by atoms with E-state index in [0.29, 0.717) is 0 Å². The van der Waals surface area contributed by atoms with Gasteiger partial charge < -0.3 is 30.2 Å². The molecule has 1 fully saturated rings. The second-order valence-electron chi connectivity index (χ2n) is 10.8. The van der Waals surface area contributed by atoms with Gasteiger partial charge in [-0.05, 0) is 48.2 Å². The summed E-state index contributed by atoms with van der Waals surface area (Å²) in [6.45, 7) is 3.46. The first kappa shape index (κ1) is 35.7. The Labute approximate surface area is 265 Å². The molecule has 4 N–H and O–H groups in total. The summed E-state index contributed by atoms with van der Waals surface area (Å²) in [5, 5.41) is 24.3. The summed E-state index contributed by atoms with van der Waals surface area (Å²) in [6.07, 6.45) is -6.87. The fourth-order valence-corrected chi connectivity index (χ4v) is 4.99. The van der Waals surface area contributed by atoms with Crippen LogP contribution in [0.25, 0.3) is 0 Å². The lowest BCUT2D eigenvalue weighted by Gasteiger charge is -2.38. The fraction of sp³-hybridized carbons (Fsp3) is 0.393. The molecule has 45 heavy (non-hydrogen) atoms. The Kier molecular flexibility index (Phi) is 11.5. The lowest BCUT2D eigenvalue weighted by Crippen LogP contribution is -2.62. The number of hydrogen-bond acceptors (Lipinski definition) is 7. The molecule has 1 aliphatic heterocycles. The molecular weight excluding hydrogens is 647 g/mol.